The lowest BCUT2D eigenvalue weighted by atomic mass is 9.82. The molecule has 0 bridgehead atoms. The summed E-state index contributed by atoms with van der Waals surface area (Å²) in [6.07, 6.45) is 0. The third-order valence-electron chi connectivity index (χ3n) is 3.26. The van der Waals surface area contributed by atoms with Crippen LogP contribution in [0, 0.1) is 12.7 Å². The molecule has 0 spiro atoms. The fourth-order valence-corrected chi connectivity index (χ4v) is 2.34. The zero-order chi connectivity index (χ0) is 11.1. The van der Waals surface area contributed by atoms with Gasteiger partial charge in [-0.05, 0) is 37.1 Å². The molecule has 0 aliphatic carbocycles. The van der Waals surface area contributed by atoms with Gasteiger partial charge in [0.1, 0.15) is 5.82 Å². The average molecular weight is 208 g/mol. The minimum atomic E-state index is -0.234. The Morgan fingerprint density at radius 1 is 1.53 bits per heavy atom. The fourth-order valence-electron chi connectivity index (χ4n) is 2.34. The molecule has 1 aliphatic heterocycles. The van der Waals surface area contributed by atoms with Gasteiger partial charge in [0.05, 0.1) is 0 Å². The molecule has 1 heterocycles. The highest BCUT2D eigenvalue weighted by molar-refractivity contribution is 5.34. The lowest BCUT2D eigenvalue weighted by Gasteiger charge is -2.27. The molecule has 2 rings (SSSR count). The maximum absolute atomic E-state index is 13.0. The van der Waals surface area contributed by atoms with Crippen LogP contribution in [0.2, 0.25) is 0 Å². The van der Waals surface area contributed by atoms with Crippen molar-refractivity contribution in [3.63, 3.8) is 0 Å². The van der Waals surface area contributed by atoms with Crippen LogP contribution in [0.3, 0.4) is 0 Å². The zero-order valence-corrected chi connectivity index (χ0v) is 9.18. The SMILES string of the molecule is Cc1cc(F)ccc1C1CNCC1(C)N. The van der Waals surface area contributed by atoms with Gasteiger partial charge in [-0.2, -0.15) is 0 Å². The van der Waals surface area contributed by atoms with Crippen LogP contribution < -0.4 is 11.1 Å². The fraction of sp³-hybridized carbons (Fsp3) is 0.500. The lowest BCUT2D eigenvalue weighted by molar-refractivity contribution is 0.460. The molecule has 82 valence electrons. The first-order chi connectivity index (χ1) is 7.00. The second-order valence-corrected chi connectivity index (χ2v) is 4.69. The van der Waals surface area contributed by atoms with E-state index in [4.69, 9.17) is 5.73 Å². The van der Waals surface area contributed by atoms with Crippen molar-refractivity contribution in [3.05, 3.63) is 35.1 Å². The smallest absolute Gasteiger partial charge is 0.123 e. The van der Waals surface area contributed by atoms with Crippen LogP contribution in [0.25, 0.3) is 0 Å². The Hall–Kier alpha value is -0.930. The number of aryl methyl sites for hydroxylation is 1. The predicted molar refractivity (Wildman–Crippen MR) is 59.3 cm³/mol. The van der Waals surface area contributed by atoms with Crippen LogP contribution in [0.5, 0.6) is 0 Å². The Labute approximate surface area is 89.7 Å². The van der Waals surface area contributed by atoms with Gasteiger partial charge in [0, 0.05) is 24.5 Å². The molecule has 15 heavy (non-hydrogen) atoms. The molecule has 0 amide bonds. The van der Waals surface area contributed by atoms with Gasteiger partial charge >= 0.3 is 0 Å². The van der Waals surface area contributed by atoms with Gasteiger partial charge in [-0.1, -0.05) is 6.07 Å². The van der Waals surface area contributed by atoms with Gasteiger partial charge in [-0.3, -0.25) is 0 Å². The molecule has 1 aliphatic rings. The molecular formula is C12H17FN2. The maximum Gasteiger partial charge on any atom is 0.123 e. The van der Waals surface area contributed by atoms with E-state index in [1.807, 2.05) is 19.9 Å². The molecule has 1 fully saturated rings. The van der Waals surface area contributed by atoms with Crippen LogP contribution in [0.1, 0.15) is 24.0 Å². The van der Waals surface area contributed by atoms with E-state index < -0.39 is 0 Å². The Balaban J connectivity index is 2.37. The molecule has 1 aromatic rings. The first-order valence-electron chi connectivity index (χ1n) is 5.26. The van der Waals surface area contributed by atoms with Crippen LogP contribution >= 0.6 is 0 Å². The van der Waals surface area contributed by atoms with E-state index in [9.17, 15) is 4.39 Å². The van der Waals surface area contributed by atoms with Crippen molar-refractivity contribution in [2.45, 2.75) is 25.3 Å². The topological polar surface area (TPSA) is 38.0 Å². The third-order valence-corrected chi connectivity index (χ3v) is 3.26. The summed E-state index contributed by atoms with van der Waals surface area (Å²) in [5.41, 5.74) is 8.12. The van der Waals surface area contributed by atoms with E-state index >= 15 is 0 Å². The Bertz CT molecular complexity index is 374. The number of nitrogens with one attached hydrogen (secondary N) is 1. The summed E-state index contributed by atoms with van der Waals surface area (Å²) in [7, 11) is 0. The molecular weight excluding hydrogens is 191 g/mol. The maximum atomic E-state index is 13.0. The third kappa shape index (κ3) is 1.90. The summed E-state index contributed by atoms with van der Waals surface area (Å²) in [4.78, 5) is 0. The standard InChI is InChI=1S/C12H17FN2/c1-8-5-9(13)3-4-10(8)11-6-15-7-12(11,2)14/h3-5,11,15H,6-7,14H2,1-2H3. The Kier molecular flexibility index (Phi) is 2.52. The van der Waals surface area contributed by atoms with Crippen molar-refractivity contribution in [1.29, 1.82) is 0 Å². The zero-order valence-electron chi connectivity index (χ0n) is 9.18. The normalized spacial score (nSPS) is 30.8. The number of rotatable bonds is 1. The van der Waals surface area contributed by atoms with Gasteiger partial charge < -0.3 is 11.1 Å². The summed E-state index contributed by atoms with van der Waals surface area (Å²) < 4.78 is 13.0. The first kappa shape index (κ1) is 10.6. The van der Waals surface area contributed by atoms with E-state index in [0.717, 1.165) is 24.2 Å². The molecule has 2 unspecified atom stereocenters. The summed E-state index contributed by atoms with van der Waals surface area (Å²) in [5, 5.41) is 3.28. The quantitative estimate of drug-likeness (QED) is 0.734. The Morgan fingerprint density at radius 2 is 2.27 bits per heavy atom. The van der Waals surface area contributed by atoms with Gasteiger partial charge in [-0.15, -0.1) is 0 Å². The molecule has 3 heteroatoms. The van der Waals surface area contributed by atoms with Crippen molar-refractivity contribution in [2.24, 2.45) is 5.73 Å². The predicted octanol–water partition coefficient (Wildman–Crippen LogP) is 1.54. The number of halogens is 1. The second-order valence-electron chi connectivity index (χ2n) is 4.69. The molecule has 1 saturated heterocycles. The summed E-state index contributed by atoms with van der Waals surface area (Å²) in [6.45, 7) is 5.67. The van der Waals surface area contributed by atoms with E-state index in [2.05, 4.69) is 5.32 Å². The second kappa shape index (κ2) is 3.58. The number of hydrogen-bond donors (Lipinski definition) is 2. The van der Waals surface area contributed by atoms with Crippen LogP contribution in [-0.2, 0) is 0 Å². The lowest BCUT2D eigenvalue weighted by Crippen LogP contribution is -2.43. The Morgan fingerprint density at radius 3 is 2.80 bits per heavy atom. The largest absolute Gasteiger partial charge is 0.324 e. The van der Waals surface area contributed by atoms with Crippen molar-refractivity contribution >= 4 is 0 Å². The number of benzene rings is 1. The van der Waals surface area contributed by atoms with Crippen molar-refractivity contribution in [3.8, 4) is 0 Å². The molecule has 0 saturated carbocycles. The first-order valence-corrected chi connectivity index (χ1v) is 5.26. The van der Waals surface area contributed by atoms with Gasteiger partial charge in [0.15, 0.2) is 0 Å². The highest BCUT2D eigenvalue weighted by atomic mass is 19.1. The van der Waals surface area contributed by atoms with E-state index in [1.54, 1.807) is 6.07 Å². The van der Waals surface area contributed by atoms with Crippen LogP contribution in [0.15, 0.2) is 18.2 Å². The number of hydrogen-bond acceptors (Lipinski definition) is 2. The summed E-state index contributed by atoms with van der Waals surface area (Å²) in [6, 6.07) is 4.94. The minimum absolute atomic E-state index is 0.180. The monoisotopic (exact) mass is 208 g/mol. The minimum Gasteiger partial charge on any atom is -0.324 e. The molecule has 2 nitrogen and oxygen atoms in total. The van der Waals surface area contributed by atoms with Crippen molar-refractivity contribution in [2.75, 3.05) is 13.1 Å². The van der Waals surface area contributed by atoms with Crippen LogP contribution in [0.4, 0.5) is 4.39 Å². The molecule has 2 atom stereocenters. The highest BCUT2D eigenvalue weighted by Gasteiger charge is 2.36. The van der Waals surface area contributed by atoms with E-state index in [0.29, 0.717) is 0 Å². The van der Waals surface area contributed by atoms with Gasteiger partial charge in [0.25, 0.3) is 0 Å². The highest BCUT2D eigenvalue weighted by Crippen LogP contribution is 2.31. The summed E-state index contributed by atoms with van der Waals surface area (Å²) in [5.74, 6) is 0.0963. The molecule has 3 N–H and O–H groups in total. The van der Waals surface area contributed by atoms with E-state index in [1.165, 1.54) is 6.07 Å². The molecule has 1 aromatic carbocycles. The average Bonchev–Trinajstić information content (AvgIpc) is 2.46. The summed E-state index contributed by atoms with van der Waals surface area (Å²) >= 11 is 0. The van der Waals surface area contributed by atoms with Crippen molar-refractivity contribution in [1.82, 2.24) is 5.32 Å². The van der Waals surface area contributed by atoms with Crippen molar-refractivity contribution < 1.29 is 4.39 Å². The molecule has 0 radical (unpaired) electrons. The molecule has 0 aromatic heterocycles. The van der Waals surface area contributed by atoms with Gasteiger partial charge in [-0.25, -0.2) is 4.39 Å². The number of nitrogens with two attached hydrogens (primary N) is 1. The van der Waals surface area contributed by atoms with Gasteiger partial charge in [0.2, 0.25) is 0 Å². The van der Waals surface area contributed by atoms with E-state index in [-0.39, 0.29) is 17.3 Å². The van der Waals surface area contributed by atoms with Crippen LogP contribution in [-0.4, -0.2) is 18.6 Å².